The number of aryl methyl sites for hydroxylation is 1. The highest BCUT2D eigenvalue weighted by atomic mass is 16.3. The Bertz CT molecular complexity index is 603. The van der Waals surface area contributed by atoms with Crippen molar-refractivity contribution >= 4 is 0 Å². The minimum atomic E-state index is -0.417. The summed E-state index contributed by atoms with van der Waals surface area (Å²) in [7, 11) is 0. The second-order valence-corrected chi connectivity index (χ2v) is 7.77. The van der Waals surface area contributed by atoms with Gasteiger partial charge in [0.05, 0.1) is 12.4 Å². The molecule has 1 aromatic rings. The van der Waals surface area contributed by atoms with Crippen LogP contribution in [0.2, 0.25) is 0 Å². The summed E-state index contributed by atoms with van der Waals surface area (Å²) in [6.07, 6.45) is 9.52. The monoisotopic (exact) mass is 300 g/mol. The van der Waals surface area contributed by atoms with E-state index >= 15 is 0 Å². The highest BCUT2D eigenvalue weighted by Gasteiger charge is 2.39. The van der Waals surface area contributed by atoms with Crippen LogP contribution >= 0.6 is 0 Å². The van der Waals surface area contributed by atoms with E-state index < -0.39 is 6.10 Å². The molecule has 0 radical (unpaired) electrons. The molecule has 2 aliphatic carbocycles. The van der Waals surface area contributed by atoms with Gasteiger partial charge in [0, 0.05) is 12.0 Å². The Morgan fingerprint density at radius 1 is 1.27 bits per heavy atom. The molecule has 2 bridgehead atoms. The number of allylic oxidation sites excluding steroid dienone is 1. The third kappa shape index (κ3) is 2.81. The Morgan fingerprint density at radius 3 is 2.77 bits per heavy atom. The zero-order valence-corrected chi connectivity index (χ0v) is 14.1. The van der Waals surface area contributed by atoms with E-state index in [1.807, 2.05) is 12.3 Å². The predicted octanol–water partition coefficient (Wildman–Crippen LogP) is 4.71. The van der Waals surface area contributed by atoms with Crippen molar-refractivity contribution < 1.29 is 9.52 Å². The third-order valence-corrected chi connectivity index (χ3v) is 5.63. The van der Waals surface area contributed by atoms with Gasteiger partial charge in [-0.05, 0) is 55.9 Å². The second-order valence-electron chi connectivity index (χ2n) is 7.77. The lowest BCUT2D eigenvalue weighted by Gasteiger charge is -2.40. The van der Waals surface area contributed by atoms with Crippen LogP contribution in [-0.2, 0) is 18.3 Å². The molecule has 120 valence electrons. The molecule has 0 aliphatic heterocycles. The molecule has 2 atom stereocenters. The van der Waals surface area contributed by atoms with Gasteiger partial charge in [0.2, 0.25) is 0 Å². The van der Waals surface area contributed by atoms with Crippen LogP contribution in [0.3, 0.4) is 0 Å². The van der Waals surface area contributed by atoms with Crippen molar-refractivity contribution in [2.45, 2.75) is 70.8 Å². The molecule has 0 amide bonds. The minimum Gasteiger partial charge on any atom is -0.468 e. The molecule has 1 aromatic heterocycles. The molecule has 3 rings (SSSR count). The van der Waals surface area contributed by atoms with E-state index in [-0.39, 0.29) is 5.41 Å². The van der Waals surface area contributed by atoms with E-state index in [0.29, 0.717) is 12.3 Å². The fourth-order valence-corrected chi connectivity index (χ4v) is 4.40. The zero-order chi connectivity index (χ0) is 15.9. The number of aliphatic hydroxyl groups is 1. The first-order valence-corrected chi connectivity index (χ1v) is 8.49. The van der Waals surface area contributed by atoms with Crippen LogP contribution in [0, 0.1) is 5.92 Å². The van der Waals surface area contributed by atoms with Crippen molar-refractivity contribution in [1.29, 1.82) is 0 Å². The van der Waals surface area contributed by atoms with Gasteiger partial charge in [0.25, 0.3) is 0 Å². The molecular weight excluding hydrogens is 272 g/mol. The first-order valence-electron chi connectivity index (χ1n) is 8.49. The Hall–Kier alpha value is -1.28. The highest BCUT2D eigenvalue weighted by Crippen LogP contribution is 2.46. The number of hydrogen-bond donors (Lipinski definition) is 1. The Labute approximate surface area is 133 Å². The van der Waals surface area contributed by atoms with Crippen LogP contribution in [0.25, 0.3) is 0 Å². The summed E-state index contributed by atoms with van der Waals surface area (Å²) >= 11 is 0. The fraction of sp³-hybridized carbons (Fsp3) is 0.600. The van der Waals surface area contributed by atoms with Crippen molar-refractivity contribution in [2.75, 3.05) is 0 Å². The highest BCUT2D eigenvalue weighted by molar-refractivity contribution is 5.40. The largest absolute Gasteiger partial charge is 0.468 e. The van der Waals surface area contributed by atoms with Gasteiger partial charge < -0.3 is 9.52 Å². The summed E-state index contributed by atoms with van der Waals surface area (Å²) < 4.78 is 5.93. The molecule has 2 nitrogen and oxygen atoms in total. The summed E-state index contributed by atoms with van der Waals surface area (Å²) in [6.45, 7) is 11.0. The van der Waals surface area contributed by atoms with Crippen LogP contribution in [-0.4, -0.2) is 11.2 Å². The molecule has 2 aliphatic rings. The van der Waals surface area contributed by atoms with E-state index in [0.717, 1.165) is 31.4 Å². The summed E-state index contributed by atoms with van der Waals surface area (Å²) in [4.78, 5) is 0. The predicted molar refractivity (Wildman–Crippen MR) is 90.0 cm³/mol. The van der Waals surface area contributed by atoms with Gasteiger partial charge in [-0.3, -0.25) is 0 Å². The summed E-state index contributed by atoms with van der Waals surface area (Å²) in [5, 5.41) is 10.2. The molecule has 0 unspecified atom stereocenters. The van der Waals surface area contributed by atoms with Gasteiger partial charge in [-0.15, -0.1) is 0 Å². The van der Waals surface area contributed by atoms with Crippen molar-refractivity contribution in [2.24, 2.45) is 5.92 Å². The SMILES string of the molecule is C=C1CC[C@@H]2CCc3coc(c3C2(C)C)C/C(C)=C/[C@H](O)C1. The molecule has 0 saturated carbocycles. The summed E-state index contributed by atoms with van der Waals surface area (Å²) in [5.41, 5.74) is 5.33. The normalized spacial score (nSPS) is 30.9. The van der Waals surface area contributed by atoms with Gasteiger partial charge in [0.15, 0.2) is 0 Å². The molecule has 0 aromatic carbocycles. The molecule has 1 heterocycles. The van der Waals surface area contributed by atoms with Crippen molar-refractivity contribution in [1.82, 2.24) is 0 Å². The third-order valence-electron chi connectivity index (χ3n) is 5.63. The van der Waals surface area contributed by atoms with E-state index in [1.54, 1.807) is 0 Å². The van der Waals surface area contributed by atoms with E-state index in [9.17, 15) is 5.11 Å². The number of hydrogen-bond acceptors (Lipinski definition) is 2. The maximum atomic E-state index is 10.2. The van der Waals surface area contributed by atoms with Crippen LogP contribution in [0.15, 0.2) is 34.5 Å². The topological polar surface area (TPSA) is 33.4 Å². The van der Waals surface area contributed by atoms with E-state index in [4.69, 9.17) is 4.42 Å². The fourth-order valence-electron chi connectivity index (χ4n) is 4.40. The average molecular weight is 300 g/mol. The van der Waals surface area contributed by atoms with Crippen LogP contribution < -0.4 is 0 Å². The molecule has 2 heteroatoms. The smallest absolute Gasteiger partial charge is 0.111 e. The molecule has 0 saturated heterocycles. The van der Waals surface area contributed by atoms with Crippen LogP contribution in [0.5, 0.6) is 0 Å². The average Bonchev–Trinajstić information content (AvgIpc) is 2.80. The lowest BCUT2D eigenvalue weighted by molar-refractivity contribution is 0.217. The minimum absolute atomic E-state index is 0.161. The second kappa shape index (κ2) is 5.73. The maximum Gasteiger partial charge on any atom is 0.111 e. The van der Waals surface area contributed by atoms with Gasteiger partial charge in [-0.2, -0.15) is 0 Å². The van der Waals surface area contributed by atoms with Gasteiger partial charge in [-0.25, -0.2) is 0 Å². The quantitative estimate of drug-likeness (QED) is 0.704. The standard InChI is InChI=1S/C20H28O2/c1-13-5-7-16-8-6-15-12-22-18(19(15)20(16,3)4)11-14(2)10-17(21)9-13/h10,12,16-17,21H,1,5-9,11H2,2-4H3/b14-10+/t16-,17-/m1/s1. The zero-order valence-electron chi connectivity index (χ0n) is 14.1. The van der Waals surface area contributed by atoms with E-state index in [1.165, 1.54) is 28.7 Å². The maximum absolute atomic E-state index is 10.2. The van der Waals surface area contributed by atoms with Crippen molar-refractivity contribution in [3.05, 3.63) is 47.0 Å². The lowest BCUT2D eigenvalue weighted by Crippen LogP contribution is -2.34. The first kappa shape index (κ1) is 15.6. The van der Waals surface area contributed by atoms with Crippen molar-refractivity contribution in [3.8, 4) is 0 Å². The Morgan fingerprint density at radius 2 is 2.00 bits per heavy atom. The molecule has 22 heavy (non-hydrogen) atoms. The summed E-state index contributed by atoms with van der Waals surface area (Å²) in [5.74, 6) is 1.76. The Balaban J connectivity index is 2.04. The number of furan rings is 1. The van der Waals surface area contributed by atoms with Crippen LogP contribution in [0.4, 0.5) is 0 Å². The van der Waals surface area contributed by atoms with Gasteiger partial charge >= 0.3 is 0 Å². The molecular formula is C20H28O2. The molecule has 0 fully saturated rings. The summed E-state index contributed by atoms with van der Waals surface area (Å²) in [6, 6.07) is 0. The number of rotatable bonds is 0. The first-order chi connectivity index (χ1) is 10.4. The molecule has 0 spiro atoms. The number of aliphatic hydroxyl groups excluding tert-OH is 1. The van der Waals surface area contributed by atoms with Crippen LogP contribution in [0.1, 0.15) is 63.3 Å². The lowest BCUT2D eigenvalue weighted by atomic mass is 9.64. The molecule has 1 N–H and O–H groups in total. The van der Waals surface area contributed by atoms with Gasteiger partial charge in [-0.1, -0.05) is 37.6 Å². The Kier molecular flexibility index (Phi) is 4.07. The van der Waals surface area contributed by atoms with Crippen molar-refractivity contribution in [3.63, 3.8) is 0 Å². The number of fused-ring (bicyclic) bond motifs is 1. The van der Waals surface area contributed by atoms with E-state index in [2.05, 4.69) is 27.4 Å². The van der Waals surface area contributed by atoms with Gasteiger partial charge in [0.1, 0.15) is 5.76 Å².